The summed E-state index contributed by atoms with van der Waals surface area (Å²) in [5.41, 5.74) is -3.51. The zero-order valence-electron chi connectivity index (χ0n) is 50.4. The predicted octanol–water partition coefficient (Wildman–Crippen LogP) is 14.6. The number of carbonyl (C=O) groups excluding carboxylic acids is 4. The van der Waals surface area contributed by atoms with E-state index in [4.69, 9.17) is 18.9 Å². The average molecular weight is 1040 g/mol. The molecule has 0 aromatic carbocycles. The van der Waals surface area contributed by atoms with Crippen molar-refractivity contribution in [1.82, 2.24) is 0 Å². The van der Waals surface area contributed by atoms with Crippen molar-refractivity contribution in [3.05, 3.63) is 0 Å². The number of carbonyl (C=O) groups is 4. The van der Waals surface area contributed by atoms with E-state index in [1.165, 1.54) is 64.2 Å². The molecule has 0 aromatic heterocycles. The standard InChI is InChI=1S/C18H30O4.2C15H28O2.C14H28O3/c1-4-15(2,3)14(21)22-18-7-13-5-16(9-18,11-19)8-17(6-13,10-18)12-20;2*1-6-14(2,3)13(16)17-15(4,5)12-10-8-7-9-11-12;1-6-13(2,3)12(15)17-11-9-7-8-10-14(4,5)16/h13,19-20H,4-12H2,1-3H3;2*12H,6-11H2,1-5H3;16H,6-11H2,1-5H3. The molecular weight excluding hydrogens is 921 g/mol. The van der Waals surface area contributed by atoms with Crippen molar-refractivity contribution in [1.29, 1.82) is 0 Å². The third-order valence-electron chi connectivity index (χ3n) is 18.5. The summed E-state index contributed by atoms with van der Waals surface area (Å²) >= 11 is 0. The number of ether oxygens (including phenoxy) is 4. The fraction of sp³-hybridized carbons (Fsp3) is 0.935. The van der Waals surface area contributed by atoms with Gasteiger partial charge in [-0.2, -0.15) is 0 Å². The highest BCUT2D eigenvalue weighted by molar-refractivity contribution is 5.77. The van der Waals surface area contributed by atoms with E-state index in [0.29, 0.717) is 24.4 Å². The molecule has 6 rings (SSSR count). The van der Waals surface area contributed by atoms with Crippen LogP contribution in [0.1, 0.15) is 279 Å². The van der Waals surface area contributed by atoms with Crippen LogP contribution in [0.4, 0.5) is 0 Å². The summed E-state index contributed by atoms with van der Waals surface area (Å²) in [6.07, 6.45) is 24.8. The van der Waals surface area contributed by atoms with E-state index in [0.717, 1.165) is 89.9 Å². The molecule has 428 valence electrons. The molecule has 6 saturated carbocycles. The molecule has 0 amide bonds. The normalized spacial score (nSPS) is 24.9. The lowest BCUT2D eigenvalue weighted by Gasteiger charge is -2.65. The van der Waals surface area contributed by atoms with Gasteiger partial charge in [-0.25, -0.2) is 0 Å². The van der Waals surface area contributed by atoms with Gasteiger partial charge in [0.1, 0.15) is 16.8 Å². The lowest BCUT2D eigenvalue weighted by atomic mass is 9.43. The van der Waals surface area contributed by atoms with Gasteiger partial charge >= 0.3 is 23.9 Å². The Labute approximate surface area is 446 Å². The molecule has 0 radical (unpaired) electrons. The van der Waals surface area contributed by atoms with Crippen LogP contribution < -0.4 is 0 Å². The summed E-state index contributed by atoms with van der Waals surface area (Å²) in [7, 11) is 0. The van der Waals surface area contributed by atoms with Crippen molar-refractivity contribution < 1.29 is 53.4 Å². The van der Waals surface area contributed by atoms with Crippen LogP contribution in [0, 0.1) is 50.2 Å². The lowest BCUT2D eigenvalue weighted by molar-refractivity contribution is -0.239. The largest absolute Gasteiger partial charge is 0.465 e. The molecule has 6 aliphatic rings. The second kappa shape index (κ2) is 27.4. The third-order valence-corrected chi connectivity index (χ3v) is 18.5. The number of hydrogen-bond acceptors (Lipinski definition) is 11. The van der Waals surface area contributed by atoms with Crippen molar-refractivity contribution in [2.24, 2.45) is 50.2 Å². The minimum absolute atomic E-state index is 0.0458. The van der Waals surface area contributed by atoms with Crippen LogP contribution in [0.2, 0.25) is 0 Å². The molecule has 0 aromatic rings. The minimum Gasteiger partial charge on any atom is -0.465 e. The smallest absolute Gasteiger partial charge is 0.312 e. The first-order valence-electron chi connectivity index (χ1n) is 29.3. The van der Waals surface area contributed by atoms with Gasteiger partial charge in [0.2, 0.25) is 0 Å². The van der Waals surface area contributed by atoms with Crippen LogP contribution in [0.5, 0.6) is 0 Å². The van der Waals surface area contributed by atoms with E-state index < -0.39 is 16.6 Å². The Morgan fingerprint density at radius 2 is 0.849 bits per heavy atom. The van der Waals surface area contributed by atoms with Gasteiger partial charge in [0.25, 0.3) is 0 Å². The quantitative estimate of drug-likeness (QED) is 0.0569. The van der Waals surface area contributed by atoms with E-state index in [1.54, 1.807) is 0 Å². The van der Waals surface area contributed by atoms with E-state index >= 15 is 0 Å². The monoisotopic (exact) mass is 1030 g/mol. The number of aliphatic hydroxyl groups excluding tert-OH is 2. The highest BCUT2D eigenvalue weighted by atomic mass is 16.6. The van der Waals surface area contributed by atoms with Gasteiger partial charge in [0.05, 0.1) is 33.9 Å². The van der Waals surface area contributed by atoms with E-state index in [9.17, 15) is 34.5 Å². The van der Waals surface area contributed by atoms with Crippen LogP contribution in [-0.2, 0) is 38.1 Å². The third kappa shape index (κ3) is 20.3. The molecule has 11 nitrogen and oxygen atoms in total. The molecule has 0 saturated heterocycles. The van der Waals surface area contributed by atoms with Crippen molar-refractivity contribution in [2.75, 3.05) is 19.8 Å². The molecule has 6 aliphatic carbocycles. The Bertz CT molecular complexity index is 1630. The molecular formula is C62H114O11. The Balaban J connectivity index is 0.000000336. The van der Waals surface area contributed by atoms with Crippen LogP contribution in [0.3, 0.4) is 0 Å². The summed E-state index contributed by atoms with van der Waals surface area (Å²) in [5, 5.41) is 29.5. The number of esters is 4. The molecule has 0 spiro atoms. The van der Waals surface area contributed by atoms with Gasteiger partial charge in [0.15, 0.2) is 0 Å². The highest BCUT2D eigenvalue weighted by Crippen LogP contribution is 2.67. The van der Waals surface area contributed by atoms with Gasteiger partial charge in [-0.1, -0.05) is 72.6 Å². The van der Waals surface area contributed by atoms with E-state index in [-0.39, 0.29) is 75.4 Å². The SMILES string of the molecule is CCC(C)(C)C(=O)OC(C)(C)C1CCCCC1.CCC(C)(C)C(=O)OC(C)(C)C1CCCCC1.CCC(C)(C)C(=O)OC12CC3CC(CO)(CC(CO)(C3)C1)C2.CCC(C)(C)C(=O)OCCCCCC(C)(C)O. The van der Waals surface area contributed by atoms with Gasteiger partial charge < -0.3 is 34.3 Å². The van der Waals surface area contributed by atoms with Gasteiger partial charge in [-0.3, -0.25) is 19.2 Å². The van der Waals surface area contributed by atoms with E-state index in [1.807, 2.05) is 96.9 Å². The summed E-state index contributed by atoms with van der Waals surface area (Å²) in [6, 6.07) is 0. The molecule has 0 aliphatic heterocycles. The maximum Gasteiger partial charge on any atom is 0.312 e. The summed E-state index contributed by atoms with van der Waals surface area (Å²) in [4.78, 5) is 48.5. The van der Waals surface area contributed by atoms with Gasteiger partial charge in [-0.15, -0.1) is 0 Å². The molecule has 6 fully saturated rings. The zero-order valence-corrected chi connectivity index (χ0v) is 50.4. The Kier molecular flexibility index (Phi) is 25.1. The number of hydrogen-bond donors (Lipinski definition) is 3. The van der Waals surface area contributed by atoms with Gasteiger partial charge in [0, 0.05) is 13.2 Å². The first-order chi connectivity index (χ1) is 33.5. The van der Waals surface area contributed by atoms with Crippen LogP contribution in [-0.4, -0.2) is 81.4 Å². The minimum atomic E-state index is -0.582. The fourth-order valence-corrected chi connectivity index (χ4v) is 11.8. The summed E-state index contributed by atoms with van der Waals surface area (Å²) in [6.45, 7) is 36.3. The lowest BCUT2D eigenvalue weighted by Crippen LogP contribution is -2.63. The predicted molar refractivity (Wildman–Crippen MR) is 295 cm³/mol. The zero-order chi connectivity index (χ0) is 56.0. The molecule has 2 atom stereocenters. The Hall–Kier alpha value is -2.24. The maximum atomic E-state index is 12.6. The second-order valence-corrected chi connectivity index (χ2v) is 28.3. The topological polar surface area (TPSA) is 166 Å². The van der Waals surface area contributed by atoms with Crippen molar-refractivity contribution >= 4 is 23.9 Å². The molecule has 4 bridgehead atoms. The number of unbranched alkanes of at least 4 members (excludes halogenated alkanes) is 2. The van der Waals surface area contributed by atoms with E-state index in [2.05, 4.69) is 27.7 Å². The molecule has 11 heteroatoms. The van der Waals surface area contributed by atoms with Crippen LogP contribution in [0.25, 0.3) is 0 Å². The van der Waals surface area contributed by atoms with Crippen LogP contribution >= 0.6 is 0 Å². The van der Waals surface area contributed by atoms with Crippen molar-refractivity contribution in [3.8, 4) is 0 Å². The fourth-order valence-electron chi connectivity index (χ4n) is 11.8. The van der Waals surface area contributed by atoms with Gasteiger partial charge in [-0.05, 0) is 235 Å². The summed E-state index contributed by atoms with van der Waals surface area (Å²) in [5.74, 6) is 1.21. The van der Waals surface area contributed by atoms with Crippen LogP contribution in [0.15, 0.2) is 0 Å². The first kappa shape index (κ1) is 66.9. The molecule has 2 unspecified atom stereocenters. The maximum absolute atomic E-state index is 12.6. The Morgan fingerprint density at radius 3 is 1.21 bits per heavy atom. The van der Waals surface area contributed by atoms with Crippen molar-refractivity contribution in [2.45, 2.75) is 301 Å². The summed E-state index contributed by atoms with van der Waals surface area (Å²) < 4.78 is 22.9. The average Bonchev–Trinajstić information content (AvgIpc) is 3.32. The number of rotatable bonds is 21. The Morgan fingerprint density at radius 1 is 0.479 bits per heavy atom. The molecule has 3 N–H and O–H groups in total. The highest BCUT2D eigenvalue weighted by Gasteiger charge is 2.65. The molecule has 73 heavy (non-hydrogen) atoms. The first-order valence-corrected chi connectivity index (χ1v) is 29.3. The second-order valence-electron chi connectivity index (χ2n) is 28.3. The number of aliphatic hydroxyl groups is 3. The van der Waals surface area contributed by atoms with Crippen molar-refractivity contribution in [3.63, 3.8) is 0 Å². The molecule has 0 heterocycles.